The lowest BCUT2D eigenvalue weighted by atomic mass is 10.1. The molecule has 5 heteroatoms. The fourth-order valence-corrected chi connectivity index (χ4v) is 2.55. The Morgan fingerprint density at radius 1 is 1.33 bits per heavy atom. The van der Waals surface area contributed by atoms with Crippen LogP contribution in [0.15, 0.2) is 0 Å². The van der Waals surface area contributed by atoms with E-state index in [2.05, 4.69) is 20.1 Å². The van der Waals surface area contributed by atoms with Crippen LogP contribution in [-0.2, 0) is 13.0 Å². The van der Waals surface area contributed by atoms with Gasteiger partial charge in [-0.2, -0.15) is 0 Å². The average Bonchev–Trinajstić information content (AvgIpc) is 2.83. The van der Waals surface area contributed by atoms with Crippen molar-refractivity contribution in [2.24, 2.45) is 5.73 Å². The number of hydrogen-bond acceptors (Lipinski definition) is 4. The number of nitrogens with two attached hydrogens (primary N) is 1. The molecule has 0 bridgehead atoms. The van der Waals surface area contributed by atoms with Crippen LogP contribution in [0.2, 0.25) is 0 Å². The highest BCUT2D eigenvalue weighted by Crippen LogP contribution is 2.24. The second kappa shape index (κ2) is 3.57. The summed E-state index contributed by atoms with van der Waals surface area (Å²) in [7, 11) is 0. The van der Waals surface area contributed by atoms with Crippen molar-refractivity contribution in [2.45, 2.75) is 37.8 Å². The van der Waals surface area contributed by atoms with Gasteiger partial charge in [-0.05, 0) is 19.4 Å². The predicted octanol–water partition coefficient (Wildman–Crippen LogP) is -0.372. The summed E-state index contributed by atoms with van der Waals surface area (Å²) in [6.07, 6.45) is 3.20. The van der Waals surface area contributed by atoms with Gasteiger partial charge >= 0.3 is 0 Å². The molecule has 2 unspecified atom stereocenters. The SMILES string of the molecule is NC1CCc2nnc(C3CCNC3)n2C1. The topological polar surface area (TPSA) is 68.8 Å². The molecule has 82 valence electrons. The Morgan fingerprint density at radius 2 is 2.27 bits per heavy atom. The molecule has 0 spiro atoms. The minimum atomic E-state index is 0.279. The summed E-state index contributed by atoms with van der Waals surface area (Å²) in [5.41, 5.74) is 5.98. The van der Waals surface area contributed by atoms with Crippen molar-refractivity contribution in [1.29, 1.82) is 0 Å². The number of aromatic nitrogens is 3. The summed E-state index contributed by atoms with van der Waals surface area (Å²) in [5, 5.41) is 12.0. The molecule has 3 heterocycles. The Hall–Kier alpha value is -0.940. The number of nitrogens with one attached hydrogen (secondary N) is 1. The Morgan fingerprint density at radius 3 is 3.07 bits per heavy atom. The molecule has 0 radical (unpaired) electrons. The van der Waals surface area contributed by atoms with Crippen LogP contribution in [0.5, 0.6) is 0 Å². The molecule has 2 aliphatic rings. The van der Waals surface area contributed by atoms with Crippen molar-refractivity contribution < 1.29 is 0 Å². The lowest BCUT2D eigenvalue weighted by Crippen LogP contribution is -2.33. The van der Waals surface area contributed by atoms with Crippen molar-refractivity contribution >= 4 is 0 Å². The summed E-state index contributed by atoms with van der Waals surface area (Å²) in [4.78, 5) is 0. The van der Waals surface area contributed by atoms with Gasteiger partial charge in [0.15, 0.2) is 0 Å². The zero-order valence-corrected chi connectivity index (χ0v) is 8.82. The minimum Gasteiger partial charge on any atom is -0.326 e. The maximum absolute atomic E-state index is 5.98. The fourth-order valence-electron chi connectivity index (χ4n) is 2.55. The highest BCUT2D eigenvalue weighted by atomic mass is 15.3. The summed E-state index contributed by atoms with van der Waals surface area (Å²) in [6, 6.07) is 0.279. The molecule has 5 nitrogen and oxygen atoms in total. The molecule has 0 aromatic carbocycles. The van der Waals surface area contributed by atoms with E-state index in [0.717, 1.165) is 44.1 Å². The molecule has 0 amide bonds. The van der Waals surface area contributed by atoms with Crippen molar-refractivity contribution in [1.82, 2.24) is 20.1 Å². The normalized spacial score (nSPS) is 30.5. The number of nitrogens with zero attached hydrogens (tertiary/aromatic N) is 3. The lowest BCUT2D eigenvalue weighted by molar-refractivity contribution is 0.436. The number of rotatable bonds is 1. The predicted molar refractivity (Wildman–Crippen MR) is 56.5 cm³/mol. The van der Waals surface area contributed by atoms with E-state index in [1.807, 2.05) is 0 Å². The van der Waals surface area contributed by atoms with E-state index < -0.39 is 0 Å². The Labute approximate surface area is 89.1 Å². The summed E-state index contributed by atoms with van der Waals surface area (Å²) >= 11 is 0. The zero-order chi connectivity index (χ0) is 10.3. The third-order valence-corrected chi connectivity index (χ3v) is 3.44. The third-order valence-electron chi connectivity index (χ3n) is 3.44. The van der Waals surface area contributed by atoms with E-state index in [9.17, 15) is 0 Å². The molecule has 0 saturated carbocycles. The first kappa shape index (κ1) is 9.30. The molecule has 1 saturated heterocycles. The van der Waals surface area contributed by atoms with Gasteiger partial charge in [0.05, 0.1) is 0 Å². The lowest BCUT2D eigenvalue weighted by Gasteiger charge is -2.22. The number of aryl methyl sites for hydroxylation is 1. The van der Waals surface area contributed by atoms with Crippen molar-refractivity contribution in [3.63, 3.8) is 0 Å². The average molecular weight is 207 g/mol. The van der Waals surface area contributed by atoms with Crippen LogP contribution in [0.4, 0.5) is 0 Å². The Balaban J connectivity index is 1.92. The van der Waals surface area contributed by atoms with Gasteiger partial charge < -0.3 is 15.6 Å². The second-order valence-corrected chi connectivity index (χ2v) is 4.57. The molecule has 2 aliphatic heterocycles. The van der Waals surface area contributed by atoms with Crippen molar-refractivity contribution in [3.8, 4) is 0 Å². The maximum Gasteiger partial charge on any atom is 0.137 e. The third kappa shape index (κ3) is 1.55. The molecule has 3 N–H and O–H groups in total. The first-order valence-electron chi connectivity index (χ1n) is 5.73. The van der Waals surface area contributed by atoms with Crippen LogP contribution in [0, 0.1) is 0 Å². The van der Waals surface area contributed by atoms with Crippen molar-refractivity contribution in [3.05, 3.63) is 11.6 Å². The van der Waals surface area contributed by atoms with E-state index >= 15 is 0 Å². The van der Waals surface area contributed by atoms with Gasteiger partial charge in [-0.3, -0.25) is 0 Å². The fraction of sp³-hybridized carbons (Fsp3) is 0.800. The first-order valence-corrected chi connectivity index (χ1v) is 5.73. The van der Waals surface area contributed by atoms with Gasteiger partial charge in [-0.1, -0.05) is 0 Å². The molecule has 15 heavy (non-hydrogen) atoms. The van der Waals surface area contributed by atoms with E-state index in [1.165, 1.54) is 6.42 Å². The monoisotopic (exact) mass is 207 g/mol. The van der Waals surface area contributed by atoms with Crippen LogP contribution < -0.4 is 11.1 Å². The van der Waals surface area contributed by atoms with Gasteiger partial charge in [0.1, 0.15) is 11.6 Å². The van der Waals surface area contributed by atoms with Crippen LogP contribution in [0.25, 0.3) is 0 Å². The van der Waals surface area contributed by atoms with E-state index in [4.69, 9.17) is 5.73 Å². The molecule has 2 atom stereocenters. The summed E-state index contributed by atoms with van der Waals surface area (Å²) in [5.74, 6) is 2.81. The van der Waals surface area contributed by atoms with Crippen molar-refractivity contribution in [2.75, 3.05) is 13.1 Å². The Bertz CT molecular complexity index is 353. The summed E-state index contributed by atoms with van der Waals surface area (Å²) < 4.78 is 2.24. The molecule has 1 aromatic rings. The maximum atomic E-state index is 5.98. The highest BCUT2D eigenvalue weighted by molar-refractivity contribution is 5.07. The standard InChI is InChI=1S/C10H17N5/c11-8-1-2-9-13-14-10(15(9)6-8)7-3-4-12-5-7/h7-8,12H,1-6,11H2. The second-order valence-electron chi connectivity index (χ2n) is 4.57. The quantitative estimate of drug-likeness (QED) is 0.659. The largest absolute Gasteiger partial charge is 0.326 e. The van der Waals surface area contributed by atoms with Crippen LogP contribution in [-0.4, -0.2) is 33.9 Å². The van der Waals surface area contributed by atoms with Gasteiger partial charge in [-0.25, -0.2) is 0 Å². The Kier molecular flexibility index (Phi) is 2.21. The molecule has 1 aromatic heterocycles. The van der Waals surface area contributed by atoms with E-state index in [-0.39, 0.29) is 6.04 Å². The van der Waals surface area contributed by atoms with Crippen LogP contribution in [0.1, 0.15) is 30.4 Å². The minimum absolute atomic E-state index is 0.279. The van der Waals surface area contributed by atoms with E-state index in [1.54, 1.807) is 0 Å². The summed E-state index contributed by atoms with van der Waals surface area (Å²) in [6.45, 7) is 3.03. The van der Waals surface area contributed by atoms with Gasteiger partial charge in [-0.15, -0.1) is 10.2 Å². The molecule has 0 aliphatic carbocycles. The van der Waals surface area contributed by atoms with Gasteiger partial charge in [0, 0.05) is 31.5 Å². The molecule has 1 fully saturated rings. The first-order chi connectivity index (χ1) is 7.34. The molecular weight excluding hydrogens is 190 g/mol. The van der Waals surface area contributed by atoms with Crippen LogP contribution in [0.3, 0.4) is 0 Å². The zero-order valence-electron chi connectivity index (χ0n) is 8.82. The van der Waals surface area contributed by atoms with Gasteiger partial charge in [0.2, 0.25) is 0 Å². The number of fused-ring (bicyclic) bond motifs is 1. The molecular formula is C10H17N5. The number of hydrogen-bond donors (Lipinski definition) is 2. The molecule has 3 rings (SSSR count). The van der Waals surface area contributed by atoms with Crippen LogP contribution >= 0.6 is 0 Å². The smallest absolute Gasteiger partial charge is 0.137 e. The van der Waals surface area contributed by atoms with Gasteiger partial charge in [0.25, 0.3) is 0 Å². The van der Waals surface area contributed by atoms with E-state index in [0.29, 0.717) is 5.92 Å². The highest BCUT2D eigenvalue weighted by Gasteiger charge is 2.27.